The molecule has 19 atom stereocenters. The number of benzene rings is 2. The second kappa shape index (κ2) is 39.8. The zero-order valence-electron chi connectivity index (χ0n) is 62.4. The molecule has 0 saturated carbocycles. The molecule has 0 spiro atoms. The van der Waals surface area contributed by atoms with E-state index in [9.17, 15) is 54.3 Å². The molecule has 4 heterocycles. The molecule has 594 valence electrons. The number of ether oxygens (including phenoxy) is 13. The minimum Gasteiger partial charge on any atom is -0.494 e. The smallest absolute Gasteiger partial charge is 0.411 e. The fraction of sp³-hybridized carbons (Fsp3) is 0.603. The van der Waals surface area contributed by atoms with E-state index in [1.54, 1.807) is 69.9 Å². The van der Waals surface area contributed by atoms with Gasteiger partial charge in [-0.05, 0) is 132 Å². The summed E-state index contributed by atoms with van der Waals surface area (Å²) >= 11 is 2.78. The Morgan fingerprint density at radius 3 is 2.21 bits per heavy atom. The lowest BCUT2D eigenvalue weighted by molar-refractivity contribution is -0.337. The van der Waals surface area contributed by atoms with Crippen molar-refractivity contribution < 1.29 is 126 Å². The first-order chi connectivity index (χ1) is 51.3. The maximum atomic E-state index is 14.6. The van der Waals surface area contributed by atoms with Crippen LogP contribution in [-0.4, -0.2) is 257 Å². The standard InChI is InChI=1S/C73H96IN5O26S3/c1-15-79(41(7)80)45-35-98-52(32-49(45)92-10)103-65-60(87)57(78-105-53-31-46(81)67(40(6)99-53)107-68(89)54-36(2)56(74)63(66(95-13)62(54)93-11)104-69-61(88)64(94-12)59(86)39(5)101-69)38(4)100-70(65)102-48-21-18-16-17-19-28-73(91)33-47(82)58(75-71(90)96-14)55(48)44(73)27-30-106-108-72(8,9)34-50(83)77-76-37(3)42-23-25-43(26-24-42)97-29-20-22-51(84)85/h16-17,23-27,38-40,45-46,48-49,52-53,57,59-61,64-65,67,69-70,78,81,86-88,91H,15,20,22,29-35H2,1-14H3,(H,75,90)(H,77,83)(H,84,85)/t38-,39+,40-,45+,46+,48+,49+,52+,53+,57-,59+,60-,61-,64-,65-,67-,69+,70+,73+/m1/s1. The molecule has 31 nitrogen and oxygen atoms in total. The number of aliphatic hydroxyl groups is 5. The Balaban J connectivity index is 1.02. The third-order valence-corrected chi connectivity index (χ3v) is 24.4. The van der Waals surface area contributed by atoms with Gasteiger partial charge in [0.2, 0.25) is 29.0 Å². The van der Waals surface area contributed by atoms with E-state index in [2.05, 4.69) is 45.0 Å². The molecule has 2 aromatic carbocycles. The largest absolute Gasteiger partial charge is 0.494 e. The Morgan fingerprint density at radius 1 is 0.861 bits per heavy atom. The van der Waals surface area contributed by atoms with E-state index >= 15 is 0 Å². The number of carbonyl (C=O) groups is 6. The van der Waals surface area contributed by atoms with Gasteiger partial charge < -0.3 is 97.1 Å². The highest BCUT2D eigenvalue weighted by Gasteiger charge is 2.53. The zero-order valence-corrected chi connectivity index (χ0v) is 67.0. The number of amides is 3. The number of carbonyl (C=O) groups excluding carboxylic acids is 5. The molecule has 0 radical (unpaired) electrons. The summed E-state index contributed by atoms with van der Waals surface area (Å²) in [4.78, 5) is 87.3. The summed E-state index contributed by atoms with van der Waals surface area (Å²) in [5, 5.41) is 73.4. The van der Waals surface area contributed by atoms with Crippen LogP contribution in [0.15, 0.2) is 64.4 Å². The fourth-order valence-corrected chi connectivity index (χ4v) is 17.1. The van der Waals surface area contributed by atoms with Crippen molar-refractivity contribution in [3.8, 4) is 46.7 Å². The number of alkyl carbamates (subject to hydrolysis) is 1. The number of Topliss-reactive ketones (excluding diaryl/α,β-unsaturated/α-hetero) is 1. The van der Waals surface area contributed by atoms with Crippen LogP contribution in [-0.2, 0) is 66.6 Å². The lowest BCUT2D eigenvalue weighted by atomic mass is 9.75. The van der Waals surface area contributed by atoms with Gasteiger partial charge in [-0.3, -0.25) is 34.1 Å². The predicted octanol–water partition coefficient (Wildman–Crippen LogP) is 5.13. The van der Waals surface area contributed by atoms with Crippen LogP contribution >= 0.6 is 55.9 Å². The molecular weight excluding hydrogens is 1590 g/mol. The summed E-state index contributed by atoms with van der Waals surface area (Å²) in [6.45, 7) is 15.7. The van der Waals surface area contributed by atoms with Crippen molar-refractivity contribution in [3.63, 3.8) is 0 Å². The number of rotatable bonds is 31. The van der Waals surface area contributed by atoms with Crippen molar-refractivity contribution >= 4 is 96.4 Å². The molecular formula is C73H96IN5O26S3. The molecule has 4 fully saturated rings. The number of hydrogen-bond donors (Lipinski definition) is 9. The lowest BCUT2D eigenvalue weighted by Crippen LogP contribution is -2.65. The van der Waals surface area contributed by atoms with Gasteiger partial charge in [-0.25, -0.2) is 10.2 Å². The van der Waals surface area contributed by atoms with E-state index in [-0.39, 0.29) is 96.1 Å². The quantitative estimate of drug-likeness (QED) is 0.0118. The normalized spacial score (nSPS) is 30.4. The Labute approximate surface area is 652 Å². The van der Waals surface area contributed by atoms with Crippen molar-refractivity contribution in [1.82, 2.24) is 21.1 Å². The summed E-state index contributed by atoms with van der Waals surface area (Å²) < 4.78 is 78.1. The number of thioether (sulfide) groups is 1. The van der Waals surface area contributed by atoms with Gasteiger partial charge in [-0.15, -0.1) is 0 Å². The van der Waals surface area contributed by atoms with Crippen LogP contribution in [0, 0.1) is 34.2 Å². The molecule has 8 rings (SSSR count). The Bertz CT molecular complexity index is 3790. The number of aliphatic hydroxyl groups excluding tert-OH is 4. The van der Waals surface area contributed by atoms with Crippen LogP contribution in [0.1, 0.15) is 115 Å². The minimum absolute atomic E-state index is 0.00478. The molecule has 9 N–H and O–H groups in total. The second-order valence-electron chi connectivity index (χ2n) is 26.7. The van der Waals surface area contributed by atoms with E-state index in [0.29, 0.717) is 39.1 Å². The van der Waals surface area contributed by atoms with Crippen molar-refractivity contribution in [2.45, 2.75) is 221 Å². The number of carboxylic acid groups (broad SMARTS) is 1. The van der Waals surface area contributed by atoms with Gasteiger partial charge in [0, 0.05) is 75.0 Å². The van der Waals surface area contributed by atoms with Crippen LogP contribution in [0.25, 0.3) is 0 Å². The first-order valence-electron chi connectivity index (χ1n) is 34.8. The lowest BCUT2D eigenvalue weighted by Gasteiger charge is -2.47. The van der Waals surface area contributed by atoms with E-state index in [0.717, 1.165) is 18.9 Å². The number of hydroxylamine groups is 1. The number of halogens is 1. The number of hydrazone groups is 1. The van der Waals surface area contributed by atoms with Gasteiger partial charge in [0.15, 0.2) is 41.8 Å². The number of ketones is 1. The zero-order chi connectivity index (χ0) is 79.1. The van der Waals surface area contributed by atoms with Crippen LogP contribution < -0.4 is 35.2 Å². The van der Waals surface area contributed by atoms with Crippen molar-refractivity contribution in [2.24, 2.45) is 5.10 Å². The number of carboxylic acids is 1. The van der Waals surface area contributed by atoms with Gasteiger partial charge in [0.25, 0.3) is 0 Å². The number of nitrogens with zero attached hydrogens (tertiary/aromatic N) is 2. The van der Waals surface area contributed by atoms with Gasteiger partial charge >= 0.3 is 12.1 Å². The minimum atomic E-state index is -2.23. The molecule has 35 heteroatoms. The van der Waals surface area contributed by atoms with Gasteiger partial charge in [0.1, 0.15) is 42.4 Å². The van der Waals surface area contributed by atoms with Crippen LogP contribution in [0.5, 0.6) is 23.0 Å². The van der Waals surface area contributed by atoms with E-state index in [1.165, 1.54) is 69.1 Å². The number of allylic oxidation sites excluding steroid dienone is 3. The first kappa shape index (κ1) is 87.4. The number of aliphatic carboxylic acids is 1. The summed E-state index contributed by atoms with van der Waals surface area (Å²) in [5.74, 6) is 9.92. The summed E-state index contributed by atoms with van der Waals surface area (Å²) in [6, 6.07) is 5.24. The van der Waals surface area contributed by atoms with E-state index < -0.39 is 149 Å². The molecule has 3 amide bonds. The average molecular weight is 1680 g/mol. The number of methoxy groups -OCH3 is 5. The third-order valence-electron chi connectivity index (χ3n) is 18.6. The molecule has 108 heavy (non-hydrogen) atoms. The number of likely N-dealkylation sites (N-methyl/N-ethyl adjacent to an activating group) is 1. The summed E-state index contributed by atoms with van der Waals surface area (Å²) in [6.07, 6.45) is -15.6. The molecule has 0 aromatic heterocycles. The molecule has 4 aliphatic heterocycles. The molecule has 2 bridgehead atoms. The monoisotopic (exact) mass is 1680 g/mol. The molecule has 0 unspecified atom stereocenters. The first-order valence-corrected chi connectivity index (χ1v) is 39.1. The maximum absolute atomic E-state index is 14.6. The van der Waals surface area contributed by atoms with E-state index in [1.807, 2.05) is 43.4 Å². The molecule has 6 aliphatic rings. The van der Waals surface area contributed by atoms with E-state index in [4.69, 9.17) is 71.5 Å². The number of hydrogen-bond acceptors (Lipinski definition) is 30. The highest BCUT2D eigenvalue weighted by Crippen LogP contribution is 2.49. The Hall–Kier alpha value is -6.15. The maximum Gasteiger partial charge on any atom is 0.411 e. The highest BCUT2D eigenvalue weighted by atomic mass is 127. The number of nitrogens with one attached hydrogen (secondary N) is 3. The van der Waals surface area contributed by atoms with Gasteiger partial charge in [0.05, 0.1) is 109 Å². The highest BCUT2D eigenvalue weighted by molar-refractivity contribution is 14.1. The average Bonchev–Trinajstić information content (AvgIpc) is 0.755. The SMILES string of the molecule is CCN(C(C)=O)[C@H]1CO[C@@H](O[C@H]2[C@H](O[C@H]3C#CC=CC#C[C@]4(O)CC(=O)C(NC(=O)OC)=C3C4=CCSSC(C)(C)CC(=O)NN=C(C)c3ccc(OCCCC(=O)O)cc3)O[C@H](C)[C@@H](NO[C@H]3C[C@H](O)[C@H](SC(=O)c4c(C)c(I)c(O[C@@H]5O[C@@H](C)[C@H](O)[C@@H](OC)[C@H]5O)c(OC)c4OC)[C@@H](C)O3)[C@H]2O)C[C@@H]1OC. The Morgan fingerprint density at radius 2 is 1.56 bits per heavy atom. The Kier molecular flexibility index (Phi) is 32.3. The second-order valence-corrected chi connectivity index (χ2v) is 31.9. The van der Waals surface area contributed by atoms with Crippen LogP contribution in [0.2, 0.25) is 0 Å². The number of fused-ring (bicyclic) bond motifs is 2. The van der Waals surface area contributed by atoms with Gasteiger partial charge in [-0.2, -0.15) is 10.6 Å². The van der Waals surface area contributed by atoms with Crippen molar-refractivity contribution in [3.05, 3.63) is 79.6 Å². The predicted molar refractivity (Wildman–Crippen MR) is 403 cm³/mol. The summed E-state index contributed by atoms with van der Waals surface area (Å²) in [7, 11) is 9.26. The molecule has 4 saturated heterocycles. The summed E-state index contributed by atoms with van der Waals surface area (Å²) in [5.41, 5.74) is 4.52. The molecule has 2 aliphatic carbocycles. The fourth-order valence-electron chi connectivity index (χ4n) is 13.0. The van der Waals surface area contributed by atoms with Crippen LogP contribution in [0.3, 0.4) is 0 Å². The van der Waals surface area contributed by atoms with Crippen LogP contribution in [0.4, 0.5) is 4.79 Å². The molecule has 2 aromatic rings. The third kappa shape index (κ3) is 21.7. The van der Waals surface area contributed by atoms with Gasteiger partial charge in [-0.1, -0.05) is 63.1 Å². The van der Waals surface area contributed by atoms with Crippen molar-refractivity contribution in [2.75, 3.05) is 61.1 Å². The topological polar surface area (TPSA) is 405 Å². The van der Waals surface area contributed by atoms with Crippen molar-refractivity contribution in [1.29, 1.82) is 0 Å².